The zero-order chi connectivity index (χ0) is 22.4. The molecule has 9 heteroatoms. The maximum Gasteiger partial charge on any atom is 0.302 e. The second-order valence-corrected chi connectivity index (χ2v) is 6.66. The molecule has 0 bridgehead atoms. The molecular formula is C22H24N4O5. The average Bonchev–Trinajstić information content (AvgIpc) is 3.23. The lowest BCUT2D eigenvalue weighted by Crippen LogP contribution is -2.25. The Balaban J connectivity index is 1.96. The molecule has 1 aromatic carbocycles. The zero-order valence-corrected chi connectivity index (χ0v) is 17.9. The van der Waals surface area contributed by atoms with Crippen LogP contribution in [0.2, 0.25) is 0 Å². The summed E-state index contributed by atoms with van der Waals surface area (Å²) in [4.78, 5) is 32.7. The molecule has 0 fully saturated rings. The molecule has 0 atom stereocenters. The Labute approximate surface area is 180 Å². The molecule has 2 aromatic heterocycles. The average molecular weight is 424 g/mol. The van der Waals surface area contributed by atoms with Crippen molar-refractivity contribution in [2.75, 3.05) is 27.9 Å². The van der Waals surface area contributed by atoms with Crippen LogP contribution >= 0.6 is 0 Å². The summed E-state index contributed by atoms with van der Waals surface area (Å²) in [5.41, 5.74) is 3.51. The number of hydroxylamine groups is 2. The van der Waals surface area contributed by atoms with Gasteiger partial charge in [-0.15, -0.1) is 0 Å². The number of amides is 1. The van der Waals surface area contributed by atoms with Crippen LogP contribution in [0, 0.1) is 0 Å². The van der Waals surface area contributed by atoms with Crippen molar-refractivity contribution in [2.24, 2.45) is 0 Å². The topological polar surface area (TPSA) is 95.8 Å². The van der Waals surface area contributed by atoms with Gasteiger partial charge in [-0.1, -0.05) is 24.3 Å². The summed E-state index contributed by atoms with van der Waals surface area (Å²) in [6.07, 6.45) is 2.24. The largest absolute Gasteiger partial charge is 0.481 e. The summed E-state index contributed by atoms with van der Waals surface area (Å²) < 4.78 is 11.8. The van der Waals surface area contributed by atoms with E-state index >= 15 is 0 Å². The third-order valence-corrected chi connectivity index (χ3v) is 4.61. The second-order valence-electron chi connectivity index (χ2n) is 6.66. The van der Waals surface area contributed by atoms with Gasteiger partial charge in [0.1, 0.15) is 0 Å². The summed E-state index contributed by atoms with van der Waals surface area (Å²) in [5, 5.41) is 5.59. The molecule has 0 saturated carbocycles. The Bertz CT molecular complexity index is 1040. The van der Waals surface area contributed by atoms with Crippen molar-refractivity contribution in [3.05, 3.63) is 59.9 Å². The SMILES string of the molecule is COc1ccc(-n2nc(C(=O)N(C)OC)cc2-c2ccc(CCOC(C)=O)cc2)cn1. The molecule has 3 rings (SSSR count). The first-order valence-corrected chi connectivity index (χ1v) is 9.58. The number of nitrogens with zero attached hydrogens (tertiary/aromatic N) is 4. The molecule has 0 aliphatic carbocycles. The van der Waals surface area contributed by atoms with Crippen molar-refractivity contribution in [1.82, 2.24) is 19.8 Å². The van der Waals surface area contributed by atoms with Crippen LogP contribution in [0.3, 0.4) is 0 Å². The van der Waals surface area contributed by atoms with E-state index in [1.165, 1.54) is 21.1 Å². The van der Waals surface area contributed by atoms with E-state index in [1.807, 2.05) is 30.3 Å². The lowest BCUT2D eigenvalue weighted by Gasteiger charge is -2.11. The van der Waals surface area contributed by atoms with Crippen molar-refractivity contribution >= 4 is 11.9 Å². The molecule has 162 valence electrons. The van der Waals surface area contributed by atoms with Crippen molar-refractivity contribution in [3.8, 4) is 22.8 Å². The standard InChI is InChI=1S/C22H24N4O5/c1-15(27)31-12-11-16-5-7-17(8-6-16)20-13-19(22(28)25(2)30-4)24-26(20)18-9-10-21(29-3)23-14-18/h5-10,13-14H,11-12H2,1-4H3. The van der Waals surface area contributed by atoms with Crippen LogP contribution in [0.4, 0.5) is 0 Å². The number of benzene rings is 1. The number of ether oxygens (including phenoxy) is 2. The molecule has 3 aromatic rings. The van der Waals surface area contributed by atoms with Crippen molar-refractivity contribution < 1.29 is 23.9 Å². The van der Waals surface area contributed by atoms with E-state index in [4.69, 9.17) is 14.3 Å². The lowest BCUT2D eigenvalue weighted by molar-refractivity contribution is -0.140. The van der Waals surface area contributed by atoms with E-state index in [2.05, 4.69) is 10.1 Å². The summed E-state index contributed by atoms with van der Waals surface area (Å²) in [7, 11) is 4.48. The van der Waals surface area contributed by atoms with Crippen LogP contribution in [-0.2, 0) is 20.8 Å². The molecule has 0 radical (unpaired) electrons. The third kappa shape index (κ3) is 5.26. The molecule has 1 amide bonds. The maximum atomic E-state index is 12.6. The predicted octanol–water partition coefficient (Wildman–Crippen LogP) is 2.68. The number of aromatic nitrogens is 3. The molecular weight excluding hydrogens is 400 g/mol. The quantitative estimate of drug-likeness (QED) is 0.405. The van der Waals surface area contributed by atoms with Crippen LogP contribution < -0.4 is 4.74 Å². The van der Waals surface area contributed by atoms with Gasteiger partial charge in [0.2, 0.25) is 5.88 Å². The van der Waals surface area contributed by atoms with E-state index < -0.39 is 0 Å². The summed E-state index contributed by atoms with van der Waals surface area (Å²) in [6.45, 7) is 1.71. The van der Waals surface area contributed by atoms with Crippen LogP contribution in [0.25, 0.3) is 16.9 Å². The van der Waals surface area contributed by atoms with E-state index in [1.54, 1.807) is 30.1 Å². The van der Waals surface area contributed by atoms with Gasteiger partial charge in [0, 0.05) is 32.0 Å². The van der Waals surface area contributed by atoms with E-state index in [9.17, 15) is 9.59 Å². The number of hydrogen-bond donors (Lipinski definition) is 0. The van der Waals surface area contributed by atoms with Crippen molar-refractivity contribution in [3.63, 3.8) is 0 Å². The minimum absolute atomic E-state index is 0.231. The molecule has 0 spiro atoms. The van der Waals surface area contributed by atoms with Crippen LogP contribution in [-0.4, -0.2) is 59.6 Å². The molecule has 0 unspecified atom stereocenters. The first-order valence-electron chi connectivity index (χ1n) is 9.58. The van der Waals surface area contributed by atoms with Crippen molar-refractivity contribution in [2.45, 2.75) is 13.3 Å². The number of esters is 1. The van der Waals surface area contributed by atoms with Crippen LogP contribution in [0.5, 0.6) is 5.88 Å². The summed E-state index contributed by atoms with van der Waals surface area (Å²) in [5.74, 6) is -0.196. The molecule has 0 saturated heterocycles. The first kappa shape index (κ1) is 22.0. The lowest BCUT2D eigenvalue weighted by atomic mass is 10.1. The molecule has 2 heterocycles. The van der Waals surface area contributed by atoms with Gasteiger partial charge in [0.15, 0.2) is 5.69 Å². The van der Waals surface area contributed by atoms with Gasteiger partial charge < -0.3 is 9.47 Å². The number of carbonyl (C=O) groups excluding carboxylic acids is 2. The maximum absolute atomic E-state index is 12.6. The Morgan fingerprint density at radius 1 is 1.10 bits per heavy atom. The highest BCUT2D eigenvalue weighted by molar-refractivity contribution is 5.92. The fraction of sp³-hybridized carbons (Fsp3) is 0.273. The predicted molar refractivity (Wildman–Crippen MR) is 113 cm³/mol. The minimum atomic E-state index is -0.373. The normalized spacial score (nSPS) is 10.6. The first-order chi connectivity index (χ1) is 14.9. The Morgan fingerprint density at radius 3 is 2.42 bits per heavy atom. The van der Waals surface area contributed by atoms with Gasteiger partial charge in [-0.2, -0.15) is 5.10 Å². The van der Waals surface area contributed by atoms with E-state index in [0.717, 1.165) is 16.2 Å². The fourth-order valence-electron chi connectivity index (χ4n) is 2.91. The van der Waals surface area contributed by atoms with Gasteiger partial charge in [-0.3, -0.25) is 14.4 Å². The van der Waals surface area contributed by atoms with E-state index in [0.29, 0.717) is 30.3 Å². The molecule has 0 N–H and O–H groups in total. The smallest absolute Gasteiger partial charge is 0.302 e. The zero-order valence-electron chi connectivity index (χ0n) is 17.9. The number of methoxy groups -OCH3 is 1. The molecule has 0 aliphatic heterocycles. The van der Waals surface area contributed by atoms with Crippen molar-refractivity contribution in [1.29, 1.82) is 0 Å². The van der Waals surface area contributed by atoms with Gasteiger partial charge >= 0.3 is 5.97 Å². The van der Waals surface area contributed by atoms with Gasteiger partial charge in [-0.25, -0.2) is 14.7 Å². The van der Waals surface area contributed by atoms with Crippen LogP contribution in [0.15, 0.2) is 48.7 Å². The second kappa shape index (κ2) is 9.86. The number of rotatable bonds is 8. The third-order valence-electron chi connectivity index (χ3n) is 4.61. The minimum Gasteiger partial charge on any atom is -0.481 e. The molecule has 9 nitrogen and oxygen atoms in total. The fourth-order valence-corrected chi connectivity index (χ4v) is 2.91. The highest BCUT2D eigenvalue weighted by atomic mass is 16.7. The monoisotopic (exact) mass is 424 g/mol. The summed E-state index contributed by atoms with van der Waals surface area (Å²) >= 11 is 0. The highest BCUT2D eigenvalue weighted by Gasteiger charge is 2.20. The Hall–Kier alpha value is -3.72. The van der Waals surface area contributed by atoms with Crippen LogP contribution in [0.1, 0.15) is 23.0 Å². The van der Waals surface area contributed by atoms with Gasteiger partial charge in [-0.05, 0) is 17.7 Å². The Kier molecular flexibility index (Phi) is 6.99. The number of hydrogen-bond acceptors (Lipinski definition) is 7. The van der Waals surface area contributed by atoms with Gasteiger partial charge in [0.25, 0.3) is 5.91 Å². The molecule has 0 aliphatic rings. The van der Waals surface area contributed by atoms with E-state index in [-0.39, 0.29) is 17.6 Å². The highest BCUT2D eigenvalue weighted by Crippen LogP contribution is 2.25. The Morgan fingerprint density at radius 2 is 1.84 bits per heavy atom. The van der Waals surface area contributed by atoms with Gasteiger partial charge in [0.05, 0.1) is 38.4 Å². The summed E-state index contributed by atoms with van der Waals surface area (Å²) in [6, 6.07) is 13.0. The molecule has 31 heavy (non-hydrogen) atoms. The number of carbonyl (C=O) groups is 2. The number of pyridine rings is 1.